The molecule has 1 aliphatic heterocycles. The van der Waals surface area contributed by atoms with E-state index in [0.717, 1.165) is 44.7 Å². The maximum Gasteiger partial charge on any atom is 0.239 e. The lowest BCUT2D eigenvalue weighted by atomic mass is 9.93. The highest BCUT2D eigenvalue weighted by atomic mass is 127. The highest BCUT2D eigenvalue weighted by Crippen LogP contribution is 2.20. The monoisotopic (exact) mass is 479 g/mol. The summed E-state index contributed by atoms with van der Waals surface area (Å²) in [7, 11) is 3.43. The number of nitrogens with zero attached hydrogens (tertiary/aromatic N) is 2. The number of hydrogen-bond acceptors (Lipinski definition) is 3. The summed E-state index contributed by atoms with van der Waals surface area (Å²) in [4.78, 5) is 30.1. The van der Waals surface area contributed by atoms with E-state index in [1.54, 1.807) is 14.1 Å². The molecule has 150 valence electrons. The average Bonchev–Trinajstić information content (AvgIpc) is 2.64. The molecule has 1 aliphatic carbocycles. The van der Waals surface area contributed by atoms with E-state index in [0.29, 0.717) is 18.4 Å². The lowest BCUT2D eigenvalue weighted by Crippen LogP contribution is -2.49. The van der Waals surface area contributed by atoms with E-state index < -0.39 is 0 Å². The summed E-state index contributed by atoms with van der Waals surface area (Å²) in [6.45, 7) is 2.00. The number of rotatable bonds is 5. The zero-order valence-electron chi connectivity index (χ0n) is 16.1. The summed E-state index contributed by atoms with van der Waals surface area (Å²) in [5.74, 6) is 1.36. The Morgan fingerprint density at radius 2 is 1.69 bits per heavy atom. The van der Waals surface area contributed by atoms with Crippen molar-refractivity contribution >= 4 is 41.8 Å². The van der Waals surface area contributed by atoms with Crippen molar-refractivity contribution in [2.45, 2.75) is 57.4 Å². The maximum atomic E-state index is 12.1. The first-order valence-electron chi connectivity index (χ1n) is 9.58. The predicted octanol–water partition coefficient (Wildman–Crippen LogP) is 1.48. The molecule has 0 atom stereocenters. The van der Waals surface area contributed by atoms with Crippen molar-refractivity contribution in [2.24, 2.45) is 10.9 Å². The molecule has 1 heterocycles. The summed E-state index contributed by atoms with van der Waals surface area (Å²) in [5.41, 5.74) is 0. The van der Waals surface area contributed by atoms with Gasteiger partial charge in [-0.05, 0) is 31.6 Å². The third-order valence-corrected chi connectivity index (χ3v) is 5.26. The molecule has 1 saturated carbocycles. The number of guanidine groups is 1. The molecule has 7 nitrogen and oxygen atoms in total. The smallest absolute Gasteiger partial charge is 0.239 e. The molecule has 0 spiro atoms. The van der Waals surface area contributed by atoms with E-state index in [2.05, 4.69) is 25.8 Å². The first kappa shape index (κ1) is 23.0. The molecular formula is C18H34IN5O2. The van der Waals surface area contributed by atoms with E-state index in [-0.39, 0.29) is 42.3 Å². The van der Waals surface area contributed by atoms with E-state index in [9.17, 15) is 9.59 Å². The molecule has 8 heteroatoms. The fourth-order valence-corrected chi connectivity index (χ4v) is 3.73. The van der Waals surface area contributed by atoms with E-state index in [1.807, 2.05) is 0 Å². The molecule has 0 unspecified atom stereocenters. The van der Waals surface area contributed by atoms with Gasteiger partial charge in [-0.1, -0.05) is 19.3 Å². The van der Waals surface area contributed by atoms with Crippen LogP contribution in [0.15, 0.2) is 4.99 Å². The molecule has 1 saturated heterocycles. The van der Waals surface area contributed by atoms with Crippen LogP contribution in [0.5, 0.6) is 0 Å². The Kier molecular flexibility index (Phi) is 10.9. The molecule has 0 bridgehead atoms. The number of likely N-dealkylation sites (tertiary alicyclic amines) is 1. The number of carbonyl (C=O) groups is 2. The quantitative estimate of drug-likeness (QED) is 0.317. The second kappa shape index (κ2) is 12.3. The van der Waals surface area contributed by atoms with Crippen LogP contribution in [0.3, 0.4) is 0 Å². The minimum Gasteiger partial charge on any atom is -0.359 e. The topological polar surface area (TPSA) is 85.8 Å². The van der Waals surface area contributed by atoms with Crippen molar-refractivity contribution in [2.75, 3.05) is 33.7 Å². The number of amides is 2. The van der Waals surface area contributed by atoms with Gasteiger partial charge in [-0.15, -0.1) is 24.0 Å². The number of piperidine rings is 1. The van der Waals surface area contributed by atoms with Gasteiger partial charge in [0, 0.05) is 39.6 Å². The molecule has 3 N–H and O–H groups in total. The predicted molar refractivity (Wildman–Crippen MR) is 115 cm³/mol. The van der Waals surface area contributed by atoms with Crippen LogP contribution in [0.4, 0.5) is 0 Å². The molecule has 2 fully saturated rings. The van der Waals surface area contributed by atoms with Gasteiger partial charge in [-0.2, -0.15) is 0 Å². The minimum absolute atomic E-state index is 0. The Bertz CT molecular complexity index is 472. The number of hydrogen-bond donors (Lipinski definition) is 3. The molecule has 0 radical (unpaired) electrons. The fraction of sp³-hybridized carbons (Fsp3) is 0.833. The lowest BCUT2D eigenvalue weighted by molar-refractivity contribution is -0.122. The van der Waals surface area contributed by atoms with Crippen LogP contribution < -0.4 is 16.0 Å². The number of carbonyl (C=O) groups excluding carboxylic acids is 2. The van der Waals surface area contributed by atoms with Gasteiger partial charge in [0.05, 0.1) is 6.54 Å². The van der Waals surface area contributed by atoms with Crippen molar-refractivity contribution in [3.63, 3.8) is 0 Å². The van der Waals surface area contributed by atoms with Crippen LogP contribution in [0.2, 0.25) is 0 Å². The SMILES string of the molecule is CN=C(NCC(=O)NC1CCCCC1)N1CCC(CC(=O)NC)CC1.I. The van der Waals surface area contributed by atoms with Crippen molar-refractivity contribution in [3.05, 3.63) is 0 Å². The molecule has 2 aliphatic rings. The van der Waals surface area contributed by atoms with Crippen LogP contribution in [0.1, 0.15) is 51.4 Å². The molecule has 26 heavy (non-hydrogen) atoms. The second-order valence-corrected chi connectivity index (χ2v) is 7.11. The minimum atomic E-state index is 0. The van der Waals surface area contributed by atoms with Gasteiger partial charge in [0.25, 0.3) is 0 Å². The number of nitrogens with one attached hydrogen (secondary N) is 3. The Hall–Kier alpha value is -1.06. The lowest BCUT2D eigenvalue weighted by Gasteiger charge is -2.34. The van der Waals surface area contributed by atoms with E-state index in [1.165, 1.54) is 19.3 Å². The molecular weight excluding hydrogens is 445 g/mol. The number of aliphatic imine (C=N–C) groups is 1. The van der Waals surface area contributed by atoms with Crippen molar-refractivity contribution < 1.29 is 9.59 Å². The third kappa shape index (κ3) is 7.67. The van der Waals surface area contributed by atoms with E-state index in [4.69, 9.17) is 0 Å². The zero-order valence-corrected chi connectivity index (χ0v) is 18.4. The summed E-state index contributed by atoms with van der Waals surface area (Å²) >= 11 is 0. The van der Waals surface area contributed by atoms with E-state index >= 15 is 0 Å². The molecule has 0 aromatic carbocycles. The Morgan fingerprint density at radius 3 is 2.27 bits per heavy atom. The zero-order chi connectivity index (χ0) is 18.1. The summed E-state index contributed by atoms with van der Waals surface area (Å²) in [6, 6.07) is 0.338. The molecule has 2 amide bonds. The highest BCUT2D eigenvalue weighted by molar-refractivity contribution is 14.0. The normalized spacial score (nSPS) is 19.5. The van der Waals surface area contributed by atoms with Gasteiger partial charge in [0.1, 0.15) is 0 Å². The number of halogens is 1. The standard InChI is InChI=1S/C18H33N5O2.HI/c1-19-16(24)12-14-8-10-23(11-9-14)18(20-2)21-13-17(25)22-15-6-4-3-5-7-15;/h14-15H,3-13H2,1-2H3,(H,19,24)(H,20,21)(H,22,25);1H. The fourth-order valence-electron chi connectivity index (χ4n) is 3.73. The summed E-state index contributed by atoms with van der Waals surface area (Å²) in [6.07, 6.45) is 8.45. The average molecular weight is 479 g/mol. The van der Waals surface area contributed by atoms with Crippen molar-refractivity contribution in [1.82, 2.24) is 20.9 Å². The van der Waals surface area contributed by atoms with Crippen LogP contribution in [0, 0.1) is 5.92 Å². The van der Waals surface area contributed by atoms with Crippen LogP contribution >= 0.6 is 24.0 Å². The second-order valence-electron chi connectivity index (χ2n) is 7.11. The first-order chi connectivity index (χ1) is 12.1. The van der Waals surface area contributed by atoms with Gasteiger partial charge in [-0.25, -0.2) is 0 Å². The Balaban J connectivity index is 0.00000338. The van der Waals surface area contributed by atoms with Crippen LogP contribution in [-0.4, -0.2) is 62.4 Å². The van der Waals surface area contributed by atoms with Crippen molar-refractivity contribution in [1.29, 1.82) is 0 Å². The van der Waals surface area contributed by atoms with Gasteiger partial charge >= 0.3 is 0 Å². The maximum absolute atomic E-state index is 12.1. The van der Waals surface area contributed by atoms with Crippen LogP contribution in [0.25, 0.3) is 0 Å². The highest BCUT2D eigenvalue weighted by Gasteiger charge is 2.23. The molecule has 2 rings (SSSR count). The van der Waals surface area contributed by atoms with Gasteiger partial charge in [0.2, 0.25) is 11.8 Å². The Labute approximate surface area is 174 Å². The van der Waals surface area contributed by atoms with Gasteiger partial charge < -0.3 is 20.9 Å². The molecule has 0 aromatic rings. The third-order valence-electron chi connectivity index (χ3n) is 5.26. The van der Waals surface area contributed by atoms with Gasteiger partial charge in [0.15, 0.2) is 5.96 Å². The van der Waals surface area contributed by atoms with Crippen molar-refractivity contribution in [3.8, 4) is 0 Å². The Morgan fingerprint density at radius 1 is 1.04 bits per heavy atom. The van der Waals surface area contributed by atoms with Gasteiger partial charge in [-0.3, -0.25) is 14.6 Å². The summed E-state index contributed by atoms with van der Waals surface area (Å²) < 4.78 is 0. The summed E-state index contributed by atoms with van der Waals surface area (Å²) in [5, 5.41) is 8.99. The largest absolute Gasteiger partial charge is 0.359 e. The van der Waals surface area contributed by atoms with Crippen LogP contribution in [-0.2, 0) is 9.59 Å². The molecule has 0 aromatic heterocycles. The first-order valence-corrected chi connectivity index (χ1v) is 9.58.